The van der Waals surface area contributed by atoms with Crippen LogP contribution in [-0.2, 0) is 19.4 Å². The minimum Gasteiger partial charge on any atom is -0.468 e. The number of hydrogen-bond acceptors (Lipinski definition) is 6. The molecule has 2 aromatic carbocycles. The maximum atomic E-state index is 13.2. The van der Waals surface area contributed by atoms with Gasteiger partial charge in [0.1, 0.15) is 11.5 Å². The summed E-state index contributed by atoms with van der Waals surface area (Å²) in [6.45, 7) is -0.758. The zero-order chi connectivity index (χ0) is 19.5. The van der Waals surface area contributed by atoms with Crippen molar-refractivity contribution >= 4 is 21.8 Å². The number of methoxy groups -OCH3 is 1. The smallest absolute Gasteiger partial charge is 0.331 e. The van der Waals surface area contributed by atoms with E-state index in [9.17, 15) is 18.0 Å². The molecule has 8 nitrogen and oxygen atoms in total. The molecule has 0 atom stereocenters. The minimum atomic E-state index is -4.16. The summed E-state index contributed by atoms with van der Waals surface area (Å²) in [6, 6.07) is 14.2. The number of carbonyl (C=O) groups excluding carboxylic acids is 2. The molecule has 0 unspecified atom stereocenters. The summed E-state index contributed by atoms with van der Waals surface area (Å²) in [5.41, 5.74) is 0. The lowest BCUT2D eigenvalue weighted by molar-refractivity contribution is -0.143. The first-order valence-electron chi connectivity index (χ1n) is 8.07. The molecule has 1 aliphatic heterocycles. The number of benzene rings is 2. The van der Waals surface area contributed by atoms with Gasteiger partial charge in [-0.25, -0.2) is 13.2 Å². The number of hydrogen-bond donors (Lipinski definition) is 2. The largest absolute Gasteiger partial charge is 0.468 e. The molecule has 3 rings (SSSR count). The number of urea groups is 1. The van der Waals surface area contributed by atoms with Crippen LogP contribution >= 0.6 is 0 Å². The van der Waals surface area contributed by atoms with Crippen molar-refractivity contribution in [3.8, 4) is 11.5 Å². The van der Waals surface area contributed by atoms with E-state index in [0.29, 0.717) is 11.5 Å². The highest BCUT2D eigenvalue weighted by atomic mass is 32.2. The zero-order valence-electron chi connectivity index (χ0n) is 14.5. The first-order valence-corrected chi connectivity index (χ1v) is 9.55. The third-order valence-corrected chi connectivity index (χ3v) is 6.63. The molecule has 1 fully saturated rings. The van der Waals surface area contributed by atoms with Crippen LogP contribution in [-0.4, -0.2) is 45.4 Å². The molecule has 1 heterocycles. The fourth-order valence-electron chi connectivity index (χ4n) is 2.74. The maximum absolute atomic E-state index is 13.2. The molecule has 2 N–H and O–H groups in total. The number of nitrogens with one attached hydrogen (secondary N) is 2. The number of carbonyl (C=O) groups is 2. The second-order valence-corrected chi connectivity index (χ2v) is 8.17. The monoisotopic (exact) mass is 390 g/mol. The molecule has 1 aliphatic rings. The van der Waals surface area contributed by atoms with Gasteiger partial charge >= 0.3 is 12.0 Å². The Balaban J connectivity index is 1.91. The van der Waals surface area contributed by atoms with Crippen LogP contribution < -0.4 is 15.4 Å². The number of para-hydroxylation sites is 1. The molecule has 0 spiro atoms. The number of ether oxygens (including phenoxy) is 2. The summed E-state index contributed by atoms with van der Waals surface area (Å²) in [5.74, 6) is 0.111. The molecule has 2 amide bonds. The number of rotatable bonds is 5. The van der Waals surface area contributed by atoms with E-state index in [-0.39, 0.29) is 18.0 Å². The molecule has 142 valence electrons. The van der Waals surface area contributed by atoms with E-state index in [4.69, 9.17) is 9.47 Å². The van der Waals surface area contributed by atoms with E-state index in [1.54, 1.807) is 12.1 Å². The summed E-state index contributed by atoms with van der Waals surface area (Å²) in [4.78, 5) is 23.6. The Bertz CT molecular complexity index is 932. The molecular weight excluding hydrogens is 372 g/mol. The van der Waals surface area contributed by atoms with Gasteiger partial charge in [-0.3, -0.25) is 4.79 Å². The van der Waals surface area contributed by atoms with Crippen LogP contribution in [0.15, 0.2) is 59.5 Å². The van der Waals surface area contributed by atoms with Gasteiger partial charge in [0.2, 0.25) is 4.75 Å². The number of amides is 2. The Kier molecular flexibility index (Phi) is 5.04. The second-order valence-electron chi connectivity index (χ2n) is 5.91. The van der Waals surface area contributed by atoms with Gasteiger partial charge in [-0.1, -0.05) is 18.2 Å². The Morgan fingerprint density at radius 2 is 1.52 bits per heavy atom. The van der Waals surface area contributed by atoms with Gasteiger partial charge < -0.3 is 20.1 Å². The first-order chi connectivity index (χ1) is 12.9. The average molecular weight is 390 g/mol. The van der Waals surface area contributed by atoms with Crippen molar-refractivity contribution in [1.29, 1.82) is 0 Å². The lowest BCUT2D eigenvalue weighted by atomic mass is 10.1. The van der Waals surface area contributed by atoms with Gasteiger partial charge in [-0.15, -0.1) is 0 Å². The van der Waals surface area contributed by atoms with E-state index in [0.717, 1.165) is 7.11 Å². The lowest BCUT2D eigenvalue weighted by Crippen LogP contribution is -2.66. The summed E-state index contributed by atoms with van der Waals surface area (Å²) >= 11 is 0. The lowest BCUT2D eigenvalue weighted by Gasteiger charge is -2.34. The average Bonchev–Trinajstić information content (AvgIpc) is 2.69. The molecule has 0 aromatic heterocycles. The van der Waals surface area contributed by atoms with Gasteiger partial charge in [0.25, 0.3) is 0 Å². The van der Waals surface area contributed by atoms with E-state index < -0.39 is 26.6 Å². The molecule has 0 saturated carbocycles. The molecule has 2 aromatic rings. The molecule has 0 bridgehead atoms. The predicted octanol–water partition coefficient (Wildman–Crippen LogP) is 1.48. The van der Waals surface area contributed by atoms with Crippen LogP contribution in [0.4, 0.5) is 4.79 Å². The molecular formula is C18H18N2O6S. The van der Waals surface area contributed by atoms with E-state index in [1.165, 1.54) is 24.3 Å². The molecule has 0 radical (unpaired) electrons. The third kappa shape index (κ3) is 3.45. The van der Waals surface area contributed by atoms with Crippen LogP contribution in [0, 0.1) is 0 Å². The van der Waals surface area contributed by atoms with E-state index in [2.05, 4.69) is 10.6 Å². The summed E-state index contributed by atoms with van der Waals surface area (Å²) < 4.78 is 34.7. The highest BCUT2D eigenvalue weighted by Crippen LogP contribution is 2.30. The fraction of sp³-hybridized carbons (Fsp3) is 0.222. The first kappa shape index (κ1) is 18.7. The Morgan fingerprint density at radius 3 is 2.07 bits per heavy atom. The van der Waals surface area contributed by atoms with Crippen molar-refractivity contribution in [3.05, 3.63) is 54.6 Å². The highest BCUT2D eigenvalue weighted by molar-refractivity contribution is 7.93. The minimum absolute atomic E-state index is 0.0775. The van der Waals surface area contributed by atoms with Crippen LogP contribution in [0.3, 0.4) is 0 Å². The summed E-state index contributed by atoms with van der Waals surface area (Å²) in [7, 11) is -3.05. The van der Waals surface area contributed by atoms with Crippen molar-refractivity contribution in [2.45, 2.75) is 9.64 Å². The Hall–Kier alpha value is -3.07. The van der Waals surface area contributed by atoms with Gasteiger partial charge in [0.15, 0.2) is 9.84 Å². The topological polar surface area (TPSA) is 111 Å². The van der Waals surface area contributed by atoms with Gasteiger partial charge in [-0.2, -0.15) is 0 Å². The van der Waals surface area contributed by atoms with Crippen molar-refractivity contribution in [2.24, 2.45) is 0 Å². The van der Waals surface area contributed by atoms with Crippen LogP contribution in [0.2, 0.25) is 0 Å². The molecule has 0 aliphatic carbocycles. The molecule has 9 heteroatoms. The molecule has 1 saturated heterocycles. The standard InChI is InChI=1S/C18H18N2O6S/c1-25-16(21)18(11-19-17(22)20-12-18)27(23,24)15-9-7-14(8-10-15)26-13-5-3-2-4-6-13/h2-10H,11-12H2,1H3,(H2,19,20,22). The summed E-state index contributed by atoms with van der Waals surface area (Å²) in [5, 5.41) is 4.71. The fourth-order valence-corrected chi connectivity index (χ4v) is 4.51. The van der Waals surface area contributed by atoms with Crippen molar-refractivity contribution in [2.75, 3.05) is 20.2 Å². The van der Waals surface area contributed by atoms with Crippen LogP contribution in [0.25, 0.3) is 0 Å². The van der Waals surface area contributed by atoms with Gasteiger partial charge in [-0.05, 0) is 36.4 Å². The van der Waals surface area contributed by atoms with E-state index >= 15 is 0 Å². The number of esters is 1. The summed E-state index contributed by atoms with van der Waals surface area (Å²) in [6.07, 6.45) is 0. The maximum Gasteiger partial charge on any atom is 0.331 e. The van der Waals surface area contributed by atoms with Gasteiger partial charge in [0.05, 0.1) is 25.1 Å². The van der Waals surface area contributed by atoms with Crippen molar-refractivity contribution in [1.82, 2.24) is 10.6 Å². The zero-order valence-corrected chi connectivity index (χ0v) is 15.3. The molecule has 27 heavy (non-hydrogen) atoms. The third-order valence-electron chi connectivity index (χ3n) is 4.25. The van der Waals surface area contributed by atoms with Crippen LogP contribution in [0.5, 0.6) is 11.5 Å². The van der Waals surface area contributed by atoms with E-state index in [1.807, 2.05) is 18.2 Å². The quantitative estimate of drug-likeness (QED) is 0.748. The highest BCUT2D eigenvalue weighted by Gasteiger charge is 2.54. The Labute approximate surface area is 156 Å². The SMILES string of the molecule is COC(=O)C1(S(=O)(=O)c2ccc(Oc3ccccc3)cc2)CNC(=O)NC1. The van der Waals surface area contributed by atoms with Crippen molar-refractivity contribution < 1.29 is 27.5 Å². The number of sulfone groups is 1. The van der Waals surface area contributed by atoms with Gasteiger partial charge in [0, 0.05) is 0 Å². The predicted molar refractivity (Wildman–Crippen MR) is 96.3 cm³/mol. The van der Waals surface area contributed by atoms with Crippen molar-refractivity contribution in [3.63, 3.8) is 0 Å². The van der Waals surface area contributed by atoms with Crippen LogP contribution in [0.1, 0.15) is 0 Å². The Morgan fingerprint density at radius 1 is 0.963 bits per heavy atom. The normalized spacial score (nSPS) is 16.0. The second kappa shape index (κ2) is 7.28.